The highest BCUT2D eigenvalue weighted by molar-refractivity contribution is 9.10. The molecule has 4 aromatic carbocycles. The maximum atomic E-state index is 13.6. The zero-order valence-electron chi connectivity index (χ0n) is 23.6. The van der Waals surface area contributed by atoms with Crippen LogP contribution in [0.25, 0.3) is 33.5 Å². The van der Waals surface area contributed by atoms with Gasteiger partial charge in [-0.1, -0.05) is 45.7 Å². The van der Waals surface area contributed by atoms with Crippen LogP contribution in [0.4, 0.5) is 10.1 Å². The average Bonchev–Trinajstić information content (AvgIpc) is 3.43. The maximum Gasteiger partial charge on any atom is 0.282 e. The molecule has 0 aliphatic heterocycles. The number of para-hydroxylation sites is 1. The second-order valence-electron chi connectivity index (χ2n) is 9.72. The van der Waals surface area contributed by atoms with Crippen LogP contribution in [0.5, 0.6) is 11.5 Å². The van der Waals surface area contributed by atoms with Crippen LogP contribution in [-0.2, 0) is 4.79 Å². The molecular formula is C33H23BrClFN4O5. The predicted molar refractivity (Wildman–Crippen MR) is 175 cm³/mol. The Kier molecular flexibility index (Phi) is 8.63. The molecule has 0 aliphatic rings. The first kappa shape index (κ1) is 30.0. The molecule has 2 aromatic heterocycles. The topological polar surface area (TPSA) is 108 Å². The number of halogens is 3. The van der Waals surface area contributed by atoms with Crippen LogP contribution in [0.2, 0.25) is 5.02 Å². The fraction of sp³-hybridized carbons (Fsp3) is 0.0909. The fourth-order valence-electron chi connectivity index (χ4n) is 4.61. The molecule has 0 saturated carbocycles. The van der Waals surface area contributed by atoms with Gasteiger partial charge in [-0.25, -0.2) is 9.37 Å². The third-order valence-corrected chi connectivity index (χ3v) is 7.34. The number of fused-ring (bicyclic) bond motifs is 2. The normalized spacial score (nSPS) is 11.4. The Hall–Kier alpha value is -5.00. The summed E-state index contributed by atoms with van der Waals surface area (Å²) in [5, 5.41) is 8.40. The molecule has 45 heavy (non-hydrogen) atoms. The summed E-state index contributed by atoms with van der Waals surface area (Å²) in [7, 11) is 0. The molecule has 6 aromatic rings. The van der Waals surface area contributed by atoms with Crippen molar-refractivity contribution in [2.24, 2.45) is 5.10 Å². The summed E-state index contributed by atoms with van der Waals surface area (Å²) in [5.74, 6) is -0.0226. The molecule has 0 fully saturated rings. The minimum absolute atomic E-state index is 0.142. The number of furan rings is 1. The number of amides is 1. The van der Waals surface area contributed by atoms with Gasteiger partial charge in [-0.2, -0.15) is 9.78 Å². The second-order valence-corrected chi connectivity index (χ2v) is 11.0. The van der Waals surface area contributed by atoms with Gasteiger partial charge in [0.05, 0.1) is 28.7 Å². The molecule has 0 spiro atoms. The number of nitrogens with one attached hydrogen (secondary N) is 1. The third-order valence-electron chi connectivity index (χ3n) is 6.56. The highest BCUT2D eigenvalue weighted by Crippen LogP contribution is 2.36. The number of hydrogen-bond donors (Lipinski definition) is 1. The van der Waals surface area contributed by atoms with Gasteiger partial charge in [-0.3, -0.25) is 9.59 Å². The van der Waals surface area contributed by atoms with Gasteiger partial charge in [-0.05, 0) is 79.2 Å². The largest absolute Gasteiger partial charge is 0.490 e. The fourth-order valence-corrected chi connectivity index (χ4v) is 5.26. The Balaban J connectivity index is 1.33. The predicted octanol–water partition coefficient (Wildman–Crippen LogP) is 7.66. The summed E-state index contributed by atoms with van der Waals surface area (Å²) in [6, 6.07) is 23.1. The Bertz CT molecular complexity index is 2160. The summed E-state index contributed by atoms with van der Waals surface area (Å²) in [4.78, 5) is 30.8. The minimum Gasteiger partial charge on any atom is -0.490 e. The van der Waals surface area contributed by atoms with Crippen molar-refractivity contribution in [3.8, 4) is 23.1 Å². The van der Waals surface area contributed by atoms with Gasteiger partial charge >= 0.3 is 0 Å². The van der Waals surface area contributed by atoms with E-state index < -0.39 is 23.9 Å². The van der Waals surface area contributed by atoms with Crippen LogP contribution < -0.4 is 20.3 Å². The summed E-state index contributed by atoms with van der Waals surface area (Å²) in [5.41, 5.74) is 1.50. The number of rotatable bonds is 9. The van der Waals surface area contributed by atoms with E-state index in [1.54, 1.807) is 55.5 Å². The van der Waals surface area contributed by atoms with E-state index in [-0.39, 0.29) is 29.0 Å². The van der Waals surface area contributed by atoms with E-state index >= 15 is 0 Å². The van der Waals surface area contributed by atoms with E-state index in [0.29, 0.717) is 33.5 Å². The third kappa shape index (κ3) is 6.59. The molecule has 6 rings (SSSR count). The van der Waals surface area contributed by atoms with Crippen molar-refractivity contribution in [2.75, 3.05) is 18.5 Å². The number of benzene rings is 4. The number of ether oxygens (including phenoxy) is 2. The first-order valence-corrected chi connectivity index (χ1v) is 14.9. The monoisotopic (exact) mass is 688 g/mol. The molecule has 0 unspecified atom stereocenters. The van der Waals surface area contributed by atoms with E-state index in [1.165, 1.54) is 29.1 Å². The Labute approximate surface area is 269 Å². The molecule has 1 amide bonds. The van der Waals surface area contributed by atoms with Crippen LogP contribution in [0.3, 0.4) is 0 Å². The van der Waals surface area contributed by atoms with Gasteiger partial charge in [0.1, 0.15) is 11.4 Å². The van der Waals surface area contributed by atoms with E-state index in [9.17, 15) is 14.0 Å². The molecule has 0 saturated heterocycles. The molecule has 9 nitrogen and oxygen atoms in total. The first-order chi connectivity index (χ1) is 21.8. The SMILES string of the molecule is CCOc1cc(C=Nn2c(-c3cc4cc(Br)ccc4o3)nc3ccccc3c2=O)cc(Cl)c1OCC(=O)Nc1cccc(F)c1. The molecule has 1 N–H and O–H groups in total. The lowest BCUT2D eigenvalue weighted by Crippen LogP contribution is -2.20. The molecule has 12 heteroatoms. The standard InChI is InChI=1S/C33H23BrClFN4O5/c1-2-43-28-13-19(12-25(35)31(28)44-18-30(41)38-23-7-5-6-22(36)16-23)17-37-40-32(39-26-9-4-3-8-24(26)33(40)42)29-15-20-14-21(34)10-11-27(20)45-29/h3-17H,2,18H2,1H3,(H,38,41). The van der Waals surface area contributed by atoms with Crippen molar-refractivity contribution >= 4 is 67.2 Å². The van der Waals surface area contributed by atoms with E-state index in [0.717, 1.165) is 9.86 Å². The maximum absolute atomic E-state index is 13.6. The van der Waals surface area contributed by atoms with Crippen molar-refractivity contribution in [2.45, 2.75) is 6.92 Å². The average molecular weight is 690 g/mol. The van der Waals surface area contributed by atoms with E-state index in [1.807, 2.05) is 18.2 Å². The van der Waals surface area contributed by atoms with Gasteiger partial charge in [0.2, 0.25) is 5.82 Å². The number of anilines is 1. The van der Waals surface area contributed by atoms with Crippen LogP contribution in [-0.4, -0.2) is 35.0 Å². The Morgan fingerprint density at radius 2 is 1.93 bits per heavy atom. The van der Waals surface area contributed by atoms with Crippen LogP contribution in [0, 0.1) is 5.82 Å². The number of aromatic nitrogens is 2. The van der Waals surface area contributed by atoms with Crippen LogP contribution in [0.15, 0.2) is 104 Å². The molecule has 2 heterocycles. The van der Waals surface area contributed by atoms with Crippen molar-refractivity contribution < 1.29 is 23.1 Å². The van der Waals surface area contributed by atoms with Crippen molar-refractivity contribution in [3.05, 3.63) is 116 Å². The van der Waals surface area contributed by atoms with Crippen molar-refractivity contribution in [3.63, 3.8) is 0 Å². The van der Waals surface area contributed by atoms with Gasteiger partial charge < -0.3 is 19.2 Å². The smallest absolute Gasteiger partial charge is 0.282 e. The molecule has 226 valence electrons. The Morgan fingerprint density at radius 1 is 1.09 bits per heavy atom. The number of hydrogen-bond acceptors (Lipinski definition) is 7. The lowest BCUT2D eigenvalue weighted by Gasteiger charge is -2.14. The minimum atomic E-state index is -0.515. The lowest BCUT2D eigenvalue weighted by molar-refractivity contribution is -0.118. The van der Waals surface area contributed by atoms with E-state index in [4.69, 9.17) is 30.5 Å². The highest BCUT2D eigenvalue weighted by Gasteiger charge is 2.18. The highest BCUT2D eigenvalue weighted by atomic mass is 79.9. The number of carbonyl (C=O) groups is 1. The molecule has 0 atom stereocenters. The molecule has 0 aliphatic carbocycles. The Morgan fingerprint density at radius 3 is 2.76 bits per heavy atom. The lowest BCUT2D eigenvalue weighted by atomic mass is 10.2. The molecule has 0 radical (unpaired) electrons. The zero-order chi connectivity index (χ0) is 31.5. The summed E-state index contributed by atoms with van der Waals surface area (Å²) >= 11 is 10.0. The number of nitrogens with zero attached hydrogens (tertiary/aromatic N) is 3. The van der Waals surface area contributed by atoms with E-state index in [2.05, 4.69) is 26.3 Å². The zero-order valence-corrected chi connectivity index (χ0v) is 25.9. The molecule has 0 bridgehead atoms. The quantitative estimate of drug-likeness (QED) is 0.156. The van der Waals surface area contributed by atoms with Gasteiger partial charge in [-0.15, -0.1) is 0 Å². The summed E-state index contributed by atoms with van der Waals surface area (Å²) in [6.45, 7) is 1.66. The van der Waals surface area contributed by atoms with Gasteiger partial charge in [0, 0.05) is 15.5 Å². The first-order valence-electron chi connectivity index (χ1n) is 13.7. The summed E-state index contributed by atoms with van der Waals surface area (Å²) < 4.78 is 33.0. The van der Waals surface area contributed by atoms with Crippen LogP contribution in [0.1, 0.15) is 12.5 Å². The second kappa shape index (κ2) is 12.9. The van der Waals surface area contributed by atoms with Crippen molar-refractivity contribution in [1.82, 2.24) is 9.66 Å². The van der Waals surface area contributed by atoms with Gasteiger partial charge in [0.15, 0.2) is 23.9 Å². The van der Waals surface area contributed by atoms with Gasteiger partial charge in [0.25, 0.3) is 11.5 Å². The molecular weight excluding hydrogens is 667 g/mol. The summed E-state index contributed by atoms with van der Waals surface area (Å²) in [6.07, 6.45) is 1.44. The van der Waals surface area contributed by atoms with Crippen LogP contribution >= 0.6 is 27.5 Å². The number of carbonyl (C=O) groups excluding carboxylic acids is 1. The van der Waals surface area contributed by atoms with Crippen molar-refractivity contribution in [1.29, 1.82) is 0 Å².